The van der Waals surface area contributed by atoms with Gasteiger partial charge < -0.3 is 4.74 Å². The Labute approximate surface area is 140 Å². The van der Waals surface area contributed by atoms with Crippen LogP contribution in [0.15, 0.2) is 18.2 Å². The molecule has 4 bridgehead atoms. The van der Waals surface area contributed by atoms with E-state index in [2.05, 4.69) is 22.0 Å². The summed E-state index contributed by atoms with van der Waals surface area (Å²) in [7, 11) is 1.69. The fraction of sp³-hybridized carbons (Fsp3) is 0.667. The summed E-state index contributed by atoms with van der Waals surface area (Å²) in [6.45, 7) is 0. The topological polar surface area (TPSA) is 9.23 Å². The van der Waals surface area contributed by atoms with Crippen LogP contribution in [0.1, 0.15) is 42.5 Å². The van der Waals surface area contributed by atoms with Gasteiger partial charge in [0.15, 0.2) is 0 Å². The predicted molar refractivity (Wildman–Crippen MR) is 90.2 cm³/mol. The number of alkyl halides is 1. The lowest BCUT2D eigenvalue weighted by Crippen LogP contribution is -2.46. The first kappa shape index (κ1) is 14.4. The molecule has 4 saturated carbocycles. The first-order valence-electron chi connectivity index (χ1n) is 8.13. The molecule has 1 aromatic carbocycles. The van der Waals surface area contributed by atoms with Crippen molar-refractivity contribution in [2.24, 2.45) is 29.6 Å². The zero-order chi connectivity index (χ0) is 14.6. The summed E-state index contributed by atoms with van der Waals surface area (Å²) in [5.41, 5.74) is 1.25. The van der Waals surface area contributed by atoms with Gasteiger partial charge >= 0.3 is 0 Å². The minimum absolute atomic E-state index is 0.394. The van der Waals surface area contributed by atoms with Gasteiger partial charge in [0.25, 0.3) is 0 Å². The Morgan fingerprint density at radius 1 is 1.10 bits per heavy atom. The van der Waals surface area contributed by atoms with E-state index in [9.17, 15) is 0 Å². The number of methoxy groups -OCH3 is 1. The minimum atomic E-state index is 0.394. The monoisotopic (exact) mass is 368 g/mol. The molecule has 1 nitrogen and oxygen atoms in total. The summed E-state index contributed by atoms with van der Waals surface area (Å²) in [5, 5.41) is 0.838. The molecule has 1 unspecified atom stereocenters. The van der Waals surface area contributed by atoms with Gasteiger partial charge in [0, 0.05) is 9.85 Å². The van der Waals surface area contributed by atoms with Gasteiger partial charge in [-0.3, -0.25) is 0 Å². The van der Waals surface area contributed by atoms with Crippen LogP contribution >= 0.6 is 27.5 Å². The molecule has 0 amide bonds. The summed E-state index contributed by atoms with van der Waals surface area (Å²) < 4.78 is 5.27. The van der Waals surface area contributed by atoms with Gasteiger partial charge in [-0.15, -0.1) is 0 Å². The fourth-order valence-corrected chi connectivity index (χ4v) is 7.19. The third-order valence-corrected chi connectivity index (χ3v) is 7.57. The number of hydrogen-bond acceptors (Lipinski definition) is 1. The Morgan fingerprint density at radius 3 is 2.24 bits per heavy atom. The maximum Gasteiger partial charge on any atom is 0.120 e. The lowest BCUT2D eigenvalue weighted by atomic mass is 9.51. The maximum absolute atomic E-state index is 6.51. The highest BCUT2D eigenvalue weighted by molar-refractivity contribution is 9.09. The molecular formula is C18H22BrClO. The van der Waals surface area contributed by atoms with E-state index in [0.717, 1.165) is 40.4 Å². The number of rotatable bonds is 3. The van der Waals surface area contributed by atoms with Crippen LogP contribution in [0.5, 0.6) is 5.75 Å². The van der Waals surface area contributed by atoms with Crippen LogP contribution in [-0.2, 0) is 0 Å². The molecule has 0 aliphatic heterocycles. The molecule has 5 rings (SSSR count). The SMILES string of the molecule is COc1ccc(C(Br)C2C3CC4CC(C3)CC2C4)c(Cl)c1. The van der Waals surface area contributed by atoms with Crippen LogP contribution < -0.4 is 4.74 Å². The molecule has 1 aromatic rings. The van der Waals surface area contributed by atoms with Crippen LogP contribution in [0, 0.1) is 29.6 Å². The van der Waals surface area contributed by atoms with E-state index in [-0.39, 0.29) is 0 Å². The second kappa shape index (κ2) is 5.45. The van der Waals surface area contributed by atoms with Gasteiger partial charge in [0.2, 0.25) is 0 Å². The Balaban J connectivity index is 1.61. The number of benzene rings is 1. The van der Waals surface area contributed by atoms with E-state index in [1.54, 1.807) is 7.11 Å². The summed E-state index contributed by atoms with van der Waals surface area (Å²) in [6.07, 6.45) is 7.32. The van der Waals surface area contributed by atoms with Crippen molar-refractivity contribution in [2.75, 3.05) is 7.11 Å². The number of hydrogen-bond donors (Lipinski definition) is 0. The first-order valence-corrected chi connectivity index (χ1v) is 9.42. The largest absolute Gasteiger partial charge is 0.497 e. The quantitative estimate of drug-likeness (QED) is 0.607. The van der Waals surface area contributed by atoms with Crippen molar-refractivity contribution in [3.05, 3.63) is 28.8 Å². The summed E-state index contributed by atoms with van der Waals surface area (Å²) in [6, 6.07) is 6.12. The fourth-order valence-electron chi connectivity index (χ4n) is 5.51. The Bertz CT molecular complexity index is 516. The van der Waals surface area contributed by atoms with Crippen molar-refractivity contribution in [3.63, 3.8) is 0 Å². The van der Waals surface area contributed by atoms with Gasteiger partial charge in [-0.25, -0.2) is 0 Å². The van der Waals surface area contributed by atoms with Crippen molar-refractivity contribution < 1.29 is 4.74 Å². The standard InChI is InChI=1S/C18H22BrClO/c1-21-14-2-3-15(16(20)9-14)18(19)17-12-5-10-4-11(7-12)8-13(17)6-10/h2-3,9-13,17-18H,4-8H2,1H3. The van der Waals surface area contributed by atoms with Crippen molar-refractivity contribution >= 4 is 27.5 Å². The summed E-state index contributed by atoms with van der Waals surface area (Å²) in [5.74, 6) is 5.47. The zero-order valence-corrected chi connectivity index (χ0v) is 14.7. The van der Waals surface area contributed by atoms with E-state index >= 15 is 0 Å². The van der Waals surface area contributed by atoms with Crippen LogP contribution in [0.2, 0.25) is 5.02 Å². The van der Waals surface area contributed by atoms with E-state index in [1.807, 2.05) is 12.1 Å². The summed E-state index contributed by atoms with van der Waals surface area (Å²) >= 11 is 10.5. The third-order valence-electron chi connectivity index (χ3n) is 6.14. The minimum Gasteiger partial charge on any atom is -0.497 e. The van der Waals surface area contributed by atoms with E-state index in [0.29, 0.717) is 4.83 Å². The lowest BCUT2D eigenvalue weighted by molar-refractivity contribution is -0.0364. The average molecular weight is 370 g/mol. The van der Waals surface area contributed by atoms with Crippen molar-refractivity contribution in [3.8, 4) is 5.75 Å². The van der Waals surface area contributed by atoms with Crippen LogP contribution in [0.3, 0.4) is 0 Å². The average Bonchev–Trinajstić information content (AvgIpc) is 2.45. The molecule has 4 aliphatic rings. The van der Waals surface area contributed by atoms with E-state index in [1.165, 1.54) is 37.7 Å². The molecule has 0 saturated heterocycles. The highest BCUT2D eigenvalue weighted by atomic mass is 79.9. The molecule has 0 N–H and O–H groups in total. The Hall–Kier alpha value is -0.210. The van der Waals surface area contributed by atoms with Crippen molar-refractivity contribution in [1.82, 2.24) is 0 Å². The Kier molecular flexibility index (Phi) is 3.74. The molecule has 21 heavy (non-hydrogen) atoms. The molecule has 0 radical (unpaired) electrons. The Morgan fingerprint density at radius 2 is 1.71 bits per heavy atom. The maximum atomic E-state index is 6.51. The van der Waals surface area contributed by atoms with Gasteiger partial charge in [0.1, 0.15) is 5.75 Å². The predicted octanol–water partition coefficient (Wildman–Crippen LogP) is 5.86. The molecule has 3 heteroatoms. The van der Waals surface area contributed by atoms with Gasteiger partial charge in [0.05, 0.1) is 7.11 Å². The molecule has 4 fully saturated rings. The molecule has 1 atom stereocenters. The van der Waals surface area contributed by atoms with Crippen LogP contribution in [-0.4, -0.2) is 7.11 Å². The van der Waals surface area contributed by atoms with E-state index < -0.39 is 0 Å². The third kappa shape index (κ3) is 2.43. The smallest absolute Gasteiger partial charge is 0.120 e. The number of halogens is 2. The van der Waals surface area contributed by atoms with Gasteiger partial charge in [-0.2, -0.15) is 0 Å². The molecule has 0 aromatic heterocycles. The second-order valence-electron chi connectivity index (χ2n) is 7.30. The first-order chi connectivity index (χ1) is 10.2. The second-order valence-corrected chi connectivity index (χ2v) is 8.69. The molecule has 4 aliphatic carbocycles. The highest BCUT2D eigenvalue weighted by Gasteiger charge is 2.50. The summed E-state index contributed by atoms with van der Waals surface area (Å²) in [4.78, 5) is 0.394. The van der Waals surface area contributed by atoms with Crippen LogP contribution in [0.4, 0.5) is 0 Å². The highest BCUT2D eigenvalue weighted by Crippen LogP contribution is 2.61. The number of ether oxygens (including phenoxy) is 1. The van der Waals surface area contributed by atoms with E-state index in [4.69, 9.17) is 16.3 Å². The molecule has 114 valence electrons. The molecule has 0 heterocycles. The van der Waals surface area contributed by atoms with Crippen molar-refractivity contribution in [2.45, 2.75) is 36.9 Å². The van der Waals surface area contributed by atoms with Crippen molar-refractivity contribution in [1.29, 1.82) is 0 Å². The normalized spacial score (nSPS) is 38.5. The van der Waals surface area contributed by atoms with Crippen LogP contribution in [0.25, 0.3) is 0 Å². The van der Waals surface area contributed by atoms with Gasteiger partial charge in [-0.05, 0) is 79.4 Å². The molecular weight excluding hydrogens is 348 g/mol. The van der Waals surface area contributed by atoms with Gasteiger partial charge in [-0.1, -0.05) is 33.6 Å². The lowest BCUT2D eigenvalue weighted by Gasteiger charge is -2.55. The molecule has 0 spiro atoms. The zero-order valence-electron chi connectivity index (χ0n) is 12.4.